The quantitative estimate of drug-likeness (QED) is 0.661. The SMILES string of the molecule is CC(C)(CN)CN1CCNC(=O)CC1. The first-order chi connectivity index (χ1) is 6.53. The van der Waals surface area contributed by atoms with Gasteiger partial charge in [0.2, 0.25) is 5.91 Å². The van der Waals surface area contributed by atoms with E-state index in [0.717, 1.165) is 26.2 Å². The molecule has 3 N–H and O–H groups in total. The molecule has 1 heterocycles. The number of carbonyl (C=O) groups excluding carboxylic acids is 1. The van der Waals surface area contributed by atoms with Crippen LogP contribution in [0.2, 0.25) is 0 Å². The smallest absolute Gasteiger partial charge is 0.221 e. The van der Waals surface area contributed by atoms with Gasteiger partial charge < -0.3 is 16.0 Å². The average Bonchev–Trinajstić information content (AvgIpc) is 2.31. The van der Waals surface area contributed by atoms with Crippen LogP contribution >= 0.6 is 0 Å². The normalized spacial score (nSPS) is 20.4. The van der Waals surface area contributed by atoms with Crippen LogP contribution in [0.3, 0.4) is 0 Å². The van der Waals surface area contributed by atoms with E-state index >= 15 is 0 Å². The summed E-state index contributed by atoms with van der Waals surface area (Å²) in [6.45, 7) is 8.54. The van der Waals surface area contributed by atoms with E-state index in [1.807, 2.05) is 0 Å². The Bertz CT molecular complexity index is 204. The van der Waals surface area contributed by atoms with Gasteiger partial charge in [0.25, 0.3) is 0 Å². The Morgan fingerprint density at radius 2 is 2.21 bits per heavy atom. The second-order valence-corrected chi connectivity index (χ2v) is 4.74. The third-order valence-electron chi connectivity index (χ3n) is 2.61. The van der Waals surface area contributed by atoms with Crippen LogP contribution in [0.5, 0.6) is 0 Å². The predicted octanol–water partition coefficient (Wildman–Crippen LogP) is -0.207. The van der Waals surface area contributed by atoms with Gasteiger partial charge in [-0.2, -0.15) is 0 Å². The monoisotopic (exact) mass is 199 g/mol. The second-order valence-electron chi connectivity index (χ2n) is 4.74. The van der Waals surface area contributed by atoms with Gasteiger partial charge in [-0.3, -0.25) is 4.79 Å². The molecule has 0 aromatic rings. The molecule has 1 fully saturated rings. The van der Waals surface area contributed by atoms with Gasteiger partial charge in [-0.25, -0.2) is 0 Å². The molecule has 1 saturated heterocycles. The van der Waals surface area contributed by atoms with Crippen LogP contribution in [-0.4, -0.2) is 43.5 Å². The maximum absolute atomic E-state index is 11.1. The molecule has 0 spiro atoms. The minimum atomic E-state index is 0.146. The topological polar surface area (TPSA) is 58.4 Å². The molecule has 0 aromatic heterocycles. The van der Waals surface area contributed by atoms with E-state index in [9.17, 15) is 4.79 Å². The highest BCUT2D eigenvalue weighted by atomic mass is 16.1. The zero-order valence-electron chi connectivity index (χ0n) is 9.18. The summed E-state index contributed by atoms with van der Waals surface area (Å²) in [5.74, 6) is 0.165. The minimum Gasteiger partial charge on any atom is -0.355 e. The average molecular weight is 199 g/mol. The molecule has 1 amide bonds. The summed E-state index contributed by atoms with van der Waals surface area (Å²) in [4.78, 5) is 13.4. The summed E-state index contributed by atoms with van der Waals surface area (Å²) in [7, 11) is 0. The molecule has 4 heteroatoms. The predicted molar refractivity (Wildman–Crippen MR) is 56.9 cm³/mol. The van der Waals surface area contributed by atoms with Gasteiger partial charge >= 0.3 is 0 Å². The molecular weight excluding hydrogens is 178 g/mol. The number of hydrogen-bond acceptors (Lipinski definition) is 3. The third-order valence-corrected chi connectivity index (χ3v) is 2.61. The Hall–Kier alpha value is -0.610. The van der Waals surface area contributed by atoms with Crippen molar-refractivity contribution < 1.29 is 4.79 Å². The van der Waals surface area contributed by atoms with Gasteiger partial charge in [-0.15, -0.1) is 0 Å². The Labute approximate surface area is 85.8 Å². The molecule has 0 saturated carbocycles. The highest BCUT2D eigenvalue weighted by molar-refractivity contribution is 5.76. The van der Waals surface area contributed by atoms with E-state index < -0.39 is 0 Å². The fraction of sp³-hybridized carbons (Fsp3) is 0.900. The molecular formula is C10H21N3O. The van der Waals surface area contributed by atoms with Crippen LogP contribution in [0, 0.1) is 5.41 Å². The Morgan fingerprint density at radius 1 is 1.50 bits per heavy atom. The molecule has 0 radical (unpaired) electrons. The van der Waals surface area contributed by atoms with E-state index in [4.69, 9.17) is 5.73 Å². The Morgan fingerprint density at radius 3 is 2.86 bits per heavy atom. The summed E-state index contributed by atoms with van der Waals surface area (Å²) in [6, 6.07) is 0. The van der Waals surface area contributed by atoms with E-state index in [2.05, 4.69) is 24.1 Å². The third kappa shape index (κ3) is 3.64. The van der Waals surface area contributed by atoms with Gasteiger partial charge in [-0.1, -0.05) is 13.8 Å². The number of amides is 1. The first-order valence-corrected chi connectivity index (χ1v) is 5.23. The van der Waals surface area contributed by atoms with Crippen molar-refractivity contribution in [2.24, 2.45) is 11.1 Å². The number of hydrogen-bond donors (Lipinski definition) is 2. The van der Waals surface area contributed by atoms with Crippen molar-refractivity contribution in [3.8, 4) is 0 Å². The summed E-state index contributed by atoms with van der Waals surface area (Å²) in [5, 5.41) is 2.87. The number of nitrogens with one attached hydrogen (secondary N) is 1. The molecule has 4 nitrogen and oxygen atoms in total. The zero-order valence-corrected chi connectivity index (χ0v) is 9.18. The molecule has 0 atom stereocenters. The van der Waals surface area contributed by atoms with Gasteiger partial charge in [0.05, 0.1) is 0 Å². The van der Waals surface area contributed by atoms with Crippen LogP contribution in [0.1, 0.15) is 20.3 Å². The summed E-state index contributed by atoms with van der Waals surface area (Å²) < 4.78 is 0. The van der Waals surface area contributed by atoms with Crippen molar-refractivity contribution in [2.45, 2.75) is 20.3 Å². The Balaban J connectivity index is 2.41. The molecule has 1 rings (SSSR count). The lowest BCUT2D eigenvalue weighted by atomic mass is 9.93. The van der Waals surface area contributed by atoms with Crippen LogP contribution in [0.4, 0.5) is 0 Å². The Kier molecular flexibility index (Phi) is 3.89. The lowest BCUT2D eigenvalue weighted by Crippen LogP contribution is -2.40. The van der Waals surface area contributed by atoms with Crippen molar-refractivity contribution in [3.05, 3.63) is 0 Å². The fourth-order valence-electron chi connectivity index (χ4n) is 1.64. The molecule has 0 aliphatic carbocycles. The number of carbonyl (C=O) groups is 1. The fourth-order valence-corrected chi connectivity index (χ4v) is 1.64. The molecule has 0 bridgehead atoms. The van der Waals surface area contributed by atoms with Crippen molar-refractivity contribution >= 4 is 5.91 Å². The van der Waals surface area contributed by atoms with Gasteiger partial charge in [0.15, 0.2) is 0 Å². The van der Waals surface area contributed by atoms with Gasteiger partial charge in [0, 0.05) is 32.6 Å². The highest BCUT2D eigenvalue weighted by Gasteiger charge is 2.21. The maximum atomic E-state index is 11.1. The lowest BCUT2D eigenvalue weighted by Gasteiger charge is -2.30. The van der Waals surface area contributed by atoms with Crippen molar-refractivity contribution in [3.63, 3.8) is 0 Å². The van der Waals surface area contributed by atoms with E-state index in [0.29, 0.717) is 13.0 Å². The number of nitrogens with two attached hydrogens (primary N) is 1. The van der Waals surface area contributed by atoms with E-state index in [-0.39, 0.29) is 11.3 Å². The zero-order chi connectivity index (χ0) is 10.6. The van der Waals surface area contributed by atoms with E-state index in [1.54, 1.807) is 0 Å². The standard InChI is InChI=1S/C10H21N3O/c1-10(2,7-11)8-13-5-3-9(14)12-4-6-13/h3-8,11H2,1-2H3,(H,12,14). The minimum absolute atomic E-state index is 0.146. The summed E-state index contributed by atoms with van der Waals surface area (Å²) in [5.41, 5.74) is 5.83. The van der Waals surface area contributed by atoms with Crippen LogP contribution in [0.15, 0.2) is 0 Å². The molecule has 1 aliphatic rings. The first-order valence-electron chi connectivity index (χ1n) is 5.23. The van der Waals surface area contributed by atoms with Crippen LogP contribution in [-0.2, 0) is 4.79 Å². The van der Waals surface area contributed by atoms with Crippen molar-refractivity contribution in [2.75, 3.05) is 32.7 Å². The van der Waals surface area contributed by atoms with Crippen molar-refractivity contribution in [1.29, 1.82) is 0 Å². The van der Waals surface area contributed by atoms with Crippen LogP contribution < -0.4 is 11.1 Å². The lowest BCUT2D eigenvalue weighted by molar-refractivity contribution is -0.120. The second kappa shape index (κ2) is 4.75. The molecule has 0 aromatic carbocycles. The molecule has 14 heavy (non-hydrogen) atoms. The van der Waals surface area contributed by atoms with Gasteiger partial charge in [-0.05, 0) is 12.0 Å². The van der Waals surface area contributed by atoms with Crippen molar-refractivity contribution in [1.82, 2.24) is 10.2 Å². The molecule has 0 unspecified atom stereocenters. The highest BCUT2D eigenvalue weighted by Crippen LogP contribution is 2.15. The van der Waals surface area contributed by atoms with E-state index in [1.165, 1.54) is 0 Å². The van der Waals surface area contributed by atoms with Crippen LogP contribution in [0.25, 0.3) is 0 Å². The number of rotatable bonds is 3. The molecule has 82 valence electrons. The summed E-state index contributed by atoms with van der Waals surface area (Å²) in [6.07, 6.45) is 0.612. The summed E-state index contributed by atoms with van der Waals surface area (Å²) >= 11 is 0. The number of nitrogens with zero attached hydrogens (tertiary/aromatic N) is 1. The molecule has 1 aliphatic heterocycles. The largest absolute Gasteiger partial charge is 0.355 e. The maximum Gasteiger partial charge on any atom is 0.221 e. The van der Waals surface area contributed by atoms with Gasteiger partial charge in [0.1, 0.15) is 0 Å². The first kappa shape index (κ1) is 11.5.